The molecule has 0 spiro atoms. The summed E-state index contributed by atoms with van der Waals surface area (Å²) < 4.78 is 27.6. The number of aliphatic carboxylic acids is 1. The van der Waals surface area contributed by atoms with Crippen molar-refractivity contribution in [1.29, 1.82) is 0 Å². The smallest absolute Gasteiger partial charge is 0.311 e. The fraction of sp³-hybridized carbons (Fsp3) is 0.304. The zero-order chi connectivity index (χ0) is 24.0. The molecule has 0 saturated heterocycles. The Kier molecular flexibility index (Phi) is 7.37. The van der Waals surface area contributed by atoms with Crippen molar-refractivity contribution in [2.45, 2.75) is 26.7 Å². The number of amides is 1. The van der Waals surface area contributed by atoms with Crippen LogP contribution in [0.15, 0.2) is 48.8 Å². The number of halogens is 2. The first-order chi connectivity index (χ1) is 15.7. The van der Waals surface area contributed by atoms with E-state index in [0.717, 1.165) is 5.56 Å². The second-order valence-corrected chi connectivity index (χ2v) is 7.90. The molecule has 0 aliphatic heterocycles. The van der Waals surface area contributed by atoms with Gasteiger partial charge in [0.15, 0.2) is 0 Å². The van der Waals surface area contributed by atoms with E-state index in [0.29, 0.717) is 19.4 Å². The highest BCUT2D eigenvalue weighted by atomic mass is 19.1. The van der Waals surface area contributed by atoms with Gasteiger partial charge in [-0.25, -0.2) is 4.39 Å². The summed E-state index contributed by atoms with van der Waals surface area (Å²) in [5.74, 6) is -2.51. The van der Waals surface area contributed by atoms with Crippen LogP contribution in [0.4, 0.5) is 8.78 Å². The lowest BCUT2D eigenvalue weighted by Gasteiger charge is -2.23. The Morgan fingerprint density at radius 2 is 2.00 bits per heavy atom. The Hall–Kier alpha value is -3.82. The highest BCUT2D eigenvalue weighted by Crippen LogP contribution is 2.21. The number of rotatable bonds is 10. The standard InChI is InChI=1S/C23H25F2N5O3/c1-3-23(2,22(32)33)14-27-21(31)16-7-8-19(26-12-16)18-13-30(29-20(18)25)28-10-9-15-5-4-6-17(24)11-15/h4-8,11-13,28H,3,9-10,14H2,1-2H3,(H,27,31)(H,32,33)/t23-/m1/s1. The fourth-order valence-corrected chi connectivity index (χ4v) is 3.03. The molecule has 0 aliphatic rings. The molecule has 3 N–H and O–H groups in total. The summed E-state index contributed by atoms with van der Waals surface area (Å²) in [7, 11) is 0. The van der Waals surface area contributed by atoms with Gasteiger partial charge < -0.3 is 15.8 Å². The second-order valence-electron chi connectivity index (χ2n) is 7.90. The van der Waals surface area contributed by atoms with Crippen LogP contribution in [-0.4, -0.2) is 44.9 Å². The number of nitrogens with one attached hydrogen (secondary N) is 2. The zero-order valence-corrected chi connectivity index (χ0v) is 18.3. The minimum absolute atomic E-state index is 0.0257. The summed E-state index contributed by atoms with van der Waals surface area (Å²) in [4.78, 5) is 29.1. The maximum Gasteiger partial charge on any atom is 0.311 e. The maximum atomic E-state index is 14.3. The lowest BCUT2D eigenvalue weighted by atomic mass is 9.87. The number of carboxylic acid groups (broad SMARTS) is 1. The molecule has 10 heteroatoms. The topological polar surface area (TPSA) is 109 Å². The molecule has 174 valence electrons. The molecule has 2 heterocycles. The van der Waals surface area contributed by atoms with Gasteiger partial charge >= 0.3 is 5.97 Å². The lowest BCUT2D eigenvalue weighted by Crippen LogP contribution is -2.40. The Labute approximate surface area is 189 Å². The molecule has 0 saturated carbocycles. The van der Waals surface area contributed by atoms with Gasteiger partial charge in [0.1, 0.15) is 5.82 Å². The minimum Gasteiger partial charge on any atom is -0.481 e. The SMILES string of the molecule is CC[C@](C)(CNC(=O)c1ccc(-c2cn(NCCc3cccc(F)c3)nc2F)nc1)C(=O)O. The summed E-state index contributed by atoms with van der Waals surface area (Å²) in [6.07, 6.45) is 3.61. The van der Waals surface area contributed by atoms with Crippen molar-refractivity contribution in [3.63, 3.8) is 0 Å². The molecule has 1 amide bonds. The van der Waals surface area contributed by atoms with Crippen LogP contribution >= 0.6 is 0 Å². The Balaban J connectivity index is 1.60. The number of carbonyl (C=O) groups is 2. The molecule has 2 aromatic heterocycles. The molecule has 3 rings (SSSR count). The van der Waals surface area contributed by atoms with E-state index in [4.69, 9.17) is 0 Å². The molecule has 1 atom stereocenters. The van der Waals surface area contributed by atoms with Crippen LogP contribution in [0.2, 0.25) is 0 Å². The van der Waals surface area contributed by atoms with E-state index in [1.54, 1.807) is 26.0 Å². The van der Waals surface area contributed by atoms with Gasteiger partial charge in [-0.3, -0.25) is 14.6 Å². The monoisotopic (exact) mass is 457 g/mol. The molecule has 33 heavy (non-hydrogen) atoms. The van der Waals surface area contributed by atoms with Gasteiger partial charge in [-0.15, -0.1) is 5.10 Å². The number of hydrogen-bond donors (Lipinski definition) is 3. The summed E-state index contributed by atoms with van der Waals surface area (Å²) in [5.41, 5.74) is 3.31. The summed E-state index contributed by atoms with van der Waals surface area (Å²) in [5, 5.41) is 15.7. The van der Waals surface area contributed by atoms with E-state index in [2.05, 4.69) is 20.8 Å². The number of pyridine rings is 1. The Bertz CT molecular complexity index is 1130. The van der Waals surface area contributed by atoms with Gasteiger partial charge in [0.05, 0.1) is 28.4 Å². The summed E-state index contributed by atoms with van der Waals surface area (Å²) >= 11 is 0. The Morgan fingerprint density at radius 3 is 2.64 bits per heavy atom. The second kappa shape index (κ2) is 10.2. The van der Waals surface area contributed by atoms with Gasteiger partial charge in [-0.2, -0.15) is 9.18 Å². The number of hydrogen-bond acceptors (Lipinski definition) is 5. The van der Waals surface area contributed by atoms with E-state index in [1.165, 1.54) is 41.4 Å². The van der Waals surface area contributed by atoms with Gasteiger partial charge in [-0.1, -0.05) is 19.1 Å². The van der Waals surface area contributed by atoms with Gasteiger partial charge in [0, 0.05) is 19.3 Å². The van der Waals surface area contributed by atoms with E-state index >= 15 is 0 Å². The van der Waals surface area contributed by atoms with Crippen molar-refractivity contribution in [2.24, 2.45) is 5.41 Å². The first kappa shape index (κ1) is 23.8. The van der Waals surface area contributed by atoms with Crippen LogP contribution in [-0.2, 0) is 11.2 Å². The highest BCUT2D eigenvalue weighted by molar-refractivity contribution is 5.94. The Morgan fingerprint density at radius 1 is 1.21 bits per heavy atom. The molecule has 0 fully saturated rings. The van der Waals surface area contributed by atoms with Crippen molar-refractivity contribution >= 4 is 11.9 Å². The van der Waals surface area contributed by atoms with Gasteiger partial charge in [0.2, 0.25) is 5.95 Å². The molecule has 8 nitrogen and oxygen atoms in total. The lowest BCUT2D eigenvalue weighted by molar-refractivity contribution is -0.147. The predicted molar refractivity (Wildman–Crippen MR) is 118 cm³/mol. The quantitative estimate of drug-likeness (QED) is 0.431. The normalized spacial score (nSPS) is 12.7. The summed E-state index contributed by atoms with van der Waals surface area (Å²) in [6, 6.07) is 9.19. The largest absolute Gasteiger partial charge is 0.481 e. The third-order valence-corrected chi connectivity index (χ3v) is 5.48. The van der Waals surface area contributed by atoms with Crippen molar-refractivity contribution in [2.75, 3.05) is 18.5 Å². The van der Waals surface area contributed by atoms with Gasteiger partial charge in [0.25, 0.3) is 5.91 Å². The van der Waals surface area contributed by atoms with Crippen LogP contribution in [0.5, 0.6) is 0 Å². The van der Waals surface area contributed by atoms with E-state index in [9.17, 15) is 23.5 Å². The van der Waals surface area contributed by atoms with Gasteiger partial charge in [-0.05, 0) is 49.6 Å². The number of carboxylic acids is 1. The third kappa shape index (κ3) is 5.91. The number of aromatic nitrogens is 3. The molecular weight excluding hydrogens is 432 g/mol. The average molecular weight is 457 g/mol. The molecule has 1 aromatic carbocycles. The van der Waals surface area contributed by atoms with Crippen LogP contribution in [0.3, 0.4) is 0 Å². The van der Waals surface area contributed by atoms with Crippen molar-refractivity contribution in [3.05, 3.63) is 71.7 Å². The molecule has 3 aromatic rings. The zero-order valence-electron chi connectivity index (χ0n) is 18.3. The van der Waals surface area contributed by atoms with Crippen molar-refractivity contribution in [1.82, 2.24) is 20.2 Å². The fourth-order valence-electron chi connectivity index (χ4n) is 3.03. The average Bonchev–Trinajstić information content (AvgIpc) is 3.17. The minimum atomic E-state index is -1.07. The molecule has 0 aliphatic carbocycles. The molecule has 0 bridgehead atoms. The van der Waals surface area contributed by atoms with Crippen LogP contribution in [0.1, 0.15) is 36.2 Å². The highest BCUT2D eigenvalue weighted by Gasteiger charge is 2.31. The van der Waals surface area contributed by atoms with Crippen molar-refractivity contribution in [3.8, 4) is 11.3 Å². The number of benzene rings is 1. The first-order valence-electron chi connectivity index (χ1n) is 10.4. The molecular formula is C23H25F2N5O3. The van der Waals surface area contributed by atoms with E-state index in [1.807, 2.05) is 0 Å². The third-order valence-electron chi connectivity index (χ3n) is 5.48. The summed E-state index contributed by atoms with van der Waals surface area (Å²) in [6.45, 7) is 3.68. The first-order valence-corrected chi connectivity index (χ1v) is 10.4. The number of carbonyl (C=O) groups excluding carboxylic acids is 1. The number of nitrogens with zero attached hydrogens (tertiary/aromatic N) is 3. The molecule has 0 unspecified atom stereocenters. The maximum absolute atomic E-state index is 14.3. The van der Waals surface area contributed by atoms with Crippen molar-refractivity contribution < 1.29 is 23.5 Å². The van der Waals surface area contributed by atoms with E-state index < -0.39 is 23.2 Å². The van der Waals surface area contributed by atoms with E-state index in [-0.39, 0.29) is 29.2 Å². The van der Waals surface area contributed by atoms with Crippen LogP contribution in [0, 0.1) is 17.2 Å². The predicted octanol–water partition coefficient (Wildman–Crippen LogP) is 3.24. The molecule has 0 radical (unpaired) electrons. The van der Waals surface area contributed by atoms with Crippen LogP contribution < -0.4 is 10.7 Å². The van der Waals surface area contributed by atoms with Crippen LogP contribution in [0.25, 0.3) is 11.3 Å².